The van der Waals surface area contributed by atoms with Crippen molar-refractivity contribution in [3.63, 3.8) is 0 Å². The van der Waals surface area contributed by atoms with Gasteiger partial charge in [0.25, 0.3) is 0 Å². The largest absolute Gasteiger partial charge is 0.356 e. The van der Waals surface area contributed by atoms with Gasteiger partial charge in [0.2, 0.25) is 5.91 Å². The van der Waals surface area contributed by atoms with E-state index in [1.54, 1.807) is 0 Å². The normalized spacial score (nSPS) is 9.69. The lowest BCUT2D eigenvalue weighted by Crippen LogP contribution is -2.25. The summed E-state index contributed by atoms with van der Waals surface area (Å²) in [5.74, 6) is 3.16. The molecular weight excluding hydrogens is 162 g/mol. The van der Waals surface area contributed by atoms with E-state index in [2.05, 4.69) is 11.2 Å². The Morgan fingerprint density at radius 3 is 2.69 bits per heavy atom. The van der Waals surface area contributed by atoms with E-state index in [4.69, 9.17) is 6.42 Å². The molecule has 0 aromatic rings. The maximum absolute atomic E-state index is 11.1. The highest BCUT2D eigenvalue weighted by Crippen LogP contribution is 1.98. The van der Waals surface area contributed by atoms with Crippen molar-refractivity contribution in [3.05, 3.63) is 0 Å². The third-order valence-electron chi connectivity index (χ3n) is 1.66. The lowest BCUT2D eigenvalue weighted by molar-refractivity contribution is -0.121. The van der Waals surface area contributed by atoms with Gasteiger partial charge in [-0.2, -0.15) is 0 Å². The number of hydrogen-bond acceptors (Lipinski definition) is 1. The van der Waals surface area contributed by atoms with E-state index in [0.29, 0.717) is 12.3 Å². The van der Waals surface area contributed by atoms with Gasteiger partial charge in [0.1, 0.15) is 0 Å². The Morgan fingerprint density at radius 2 is 2.15 bits per heavy atom. The Labute approximate surface area is 81.1 Å². The minimum atomic E-state index is 0.149. The first-order valence-corrected chi connectivity index (χ1v) is 4.87. The lowest BCUT2D eigenvalue weighted by Gasteiger charge is -2.05. The van der Waals surface area contributed by atoms with Crippen LogP contribution in [0.1, 0.15) is 39.5 Å². The van der Waals surface area contributed by atoms with Gasteiger partial charge in [0.15, 0.2) is 0 Å². The number of nitrogens with one attached hydrogen (secondary N) is 1. The van der Waals surface area contributed by atoms with Crippen LogP contribution in [0.3, 0.4) is 0 Å². The standard InChI is InChI=1S/C11H19NO/c1-4-5-6-7-8-12-11(13)9-10(2)3/h1,10H,5-9H2,2-3H3,(H,12,13). The van der Waals surface area contributed by atoms with Crippen LogP contribution in [-0.4, -0.2) is 12.5 Å². The first-order valence-electron chi connectivity index (χ1n) is 4.87. The Hall–Kier alpha value is -0.970. The van der Waals surface area contributed by atoms with Gasteiger partial charge in [-0.25, -0.2) is 0 Å². The summed E-state index contributed by atoms with van der Waals surface area (Å²) in [6.45, 7) is 4.84. The van der Waals surface area contributed by atoms with Crippen LogP contribution in [0.2, 0.25) is 0 Å². The van der Waals surface area contributed by atoms with Crippen molar-refractivity contribution in [3.8, 4) is 12.3 Å². The number of hydrogen-bond donors (Lipinski definition) is 1. The van der Waals surface area contributed by atoms with Crippen LogP contribution < -0.4 is 5.32 Å². The molecule has 74 valence electrons. The molecular formula is C11H19NO. The summed E-state index contributed by atoms with van der Waals surface area (Å²) in [5, 5.41) is 2.87. The van der Waals surface area contributed by atoms with E-state index in [1.807, 2.05) is 13.8 Å². The number of unbranched alkanes of at least 4 members (excludes halogenated alkanes) is 2. The van der Waals surface area contributed by atoms with Crippen LogP contribution in [0.15, 0.2) is 0 Å². The van der Waals surface area contributed by atoms with Gasteiger partial charge in [-0.15, -0.1) is 12.3 Å². The van der Waals surface area contributed by atoms with Crippen LogP contribution in [0, 0.1) is 18.3 Å². The molecule has 0 atom stereocenters. The molecule has 2 heteroatoms. The zero-order valence-electron chi connectivity index (χ0n) is 8.60. The molecule has 0 fully saturated rings. The fourth-order valence-corrected chi connectivity index (χ4v) is 1.02. The number of amides is 1. The number of carbonyl (C=O) groups is 1. The highest BCUT2D eigenvalue weighted by Gasteiger charge is 2.02. The average Bonchev–Trinajstić information content (AvgIpc) is 2.02. The topological polar surface area (TPSA) is 29.1 Å². The second-order valence-electron chi connectivity index (χ2n) is 3.61. The molecule has 0 rings (SSSR count). The van der Waals surface area contributed by atoms with Crippen molar-refractivity contribution in [1.82, 2.24) is 5.32 Å². The van der Waals surface area contributed by atoms with E-state index in [9.17, 15) is 4.79 Å². The molecule has 0 unspecified atom stereocenters. The molecule has 0 saturated heterocycles. The maximum atomic E-state index is 11.1. The zero-order valence-corrected chi connectivity index (χ0v) is 8.60. The van der Waals surface area contributed by atoms with E-state index in [1.165, 1.54) is 0 Å². The van der Waals surface area contributed by atoms with E-state index in [-0.39, 0.29) is 5.91 Å². The monoisotopic (exact) mass is 181 g/mol. The average molecular weight is 181 g/mol. The number of rotatable bonds is 6. The second-order valence-corrected chi connectivity index (χ2v) is 3.61. The summed E-state index contributed by atoms with van der Waals surface area (Å²) < 4.78 is 0. The van der Waals surface area contributed by atoms with E-state index < -0.39 is 0 Å². The minimum absolute atomic E-state index is 0.149. The molecule has 0 aliphatic rings. The van der Waals surface area contributed by atoms with Crippen LogP contribution in [0.4, 0.5) is 0 Å². The summed E-state index contributed by atoms with van der Waals surface area (Å²) in [7, 11) is 0. The molecule has 0 aromatic carbocycles. The highest BCUT2D eigenvalue weighted by molar-refractivity contribution is 5.75. The maximum Gasteiger partial charge on any atom is 0.220 e. The van der Waals surface area contributed by atoms with Crippen molar-refractivity contribution in [2.45, 2.75) is 39.5 Å². The van der Waals surface area contributed by atoms with E-state index >= 15 is 0 Å². The molecule has 0 spiro atoms. The van der Waals surface area contributed by atoms with Gasteiger partial charge >= 0.3 is 0 Å². The molecule has 0 aromatic heterocycles. The Balaban J connectivity index is 3.23. The number of carbonyl (C=O) groups excluding carboxylic acids is 1. The van der Waals surface area contributed by atoms with Crippen molar-refractivity contribution in [2.75, 3.05) is 6.54 Å². The lowest BCUT2D eigenvalue weighted by atomic mass is 10.1. The number of terminal acetylenes is 1. The molecule has 0 bridgehead atoms. The predicted molar refractivity (Wildman–Crippen MR) is 55.1 cm³/mol. The molecule has 1 amide bonds. The molecule has 0 aliphatic carbocycles. The van der Waals surface area contributed by atoms with Gasteiger partial charge in [0, 0.05) is 19.4 Å². The highest BCUT2D eigenvalue weighted by atomic mass is 16.1. The van der Waals surface area contributed by atoms with Crippen LogP contribution in [-0.2, 0) is 4.79 Å². The van der Waals surface area contributed by atoms with Gasteiger partial charge in [-0.3, -0.25) is 4.79 Å². The van der Waals surface area contributed by atoms with Crippen molar-refractivity contribution in [2.24, 2.45) is 5.92 Å². The van der Waals surface area contributed by atoms with Crippen molar-refractivity contribution in [1.29, 1.82) is 0 Å². The van der Waals surface area contributed by atoms with Crippen LogP contribution >= 0.6 is 0 Å². The summed E-state index contributed by atoms with van der Waals surface area (Å²) in [4.78, 5) is 11.1. The third-order valence-corrected chi connectivity index (χ3v) is 1.66. The van der Waals surface area contributed by atoms with Crippen molar-refractivity contribution >= 4 is 5.91 Å². The molecule has 0 radical (unpaired) electrons. The van der Waals surface area contributed by atoms with E-state index in [0.717, 1.165) is 25.8 Å². The van der Waals surface area contributed by atoms with Gasteiger partial charge in [0.05, 0.1) is 0 Å². The second kappa shape index (κ2) is 7.67. The smallest absolute Gasteiger partial charge is 0.220 e. The predicted octanol–water partition coefficient (Wildman–Crippen LogP) is 1.95. The van der Waals surface area contributed by atoms with Crippen LogP contribution in [0.5, 0.6) is 0 Å². The quantitative estimate of drug-likeness (QED) is 0.492. The molecule has 0 aliphatic heterocycles. The molecule has 1 N–H and O–H groups in total. The molecule has 0 heterocycles. The summed E-state index contributed by atoms with van der Waals surface area (Å²) >= 11 is 0. The summed E-state index contributed by atoms with van der Waals surface area (Å²) in [5.41, 5.74) is 0. The SMILES string of the molecule is C#CCCCCNC(=O)CC(C)C. The first kappa shape index (κ1) is 12.0. The third kappa shape index (κ3) is 8.94. The Kier molecular flexibility index (Phi) is 7.10. The fraction of sp³-hybridized carbons (Fsp3) is 0.727. The molecule has 2 nitrogen and oxygen atoms in total. The molecule has 13 heavy (non-hydrogen) atoms. The van der Waals surface area contributed by atoms with Gasteiger partial charge in [-0.1, -0.05) is 13.8 Å². The van der Waals surface area contributed by atoms with Crippen LogP contribution in [0.25, 0.3) is 0 Å². The van der Waals surface area contributed by atoms with Gasteiger partial charge in [-0.05, 0) is 18.8 Å². The minimum Gasteiger partial charge on any atom is -0.356 e. The van der Waals surface area contributed by atoms with Gasteiger partial charge < -0.3 is 5.32 Å². The Morgan fingerprint density at radius 1 is 1.46 bits per heavy atom. The zero-order chi connectivity index (χ0) is 10.1. The summed E-state index contributed by atoms with van der Waals surface area (Å²) in [6.07, 6.45) is 8.50. The fourth-order valence-electron chi connectivity index (χ4n) is 1.02. The Bertz CT molecular complexity index is 179. The van der Waals surface area contributed by atoms with Crippen molar-refractivity contribution < 1.29 is 4.79 Å². The molecule has 0 saturated carbocycles. The summed E-state index contributed by atoms with van der Waals surface area (Å²) in [6, 6.07) is 0. The first-order chi connectivity index (χ1) is 6.16.